The van der Waals surface area contributed by atoms with E-state index in [1.807, 2.05) is 0 Å². The minimum atomic E-state index is -3.46. The highest BCUT2D eigenvalue weighted by Gasteiger charge is 2.37. The minimum absolute atomic E-state index is 0.286. The van der Waals surface area contributed by atoms with E-state index in [-0.39, 0.29) is 5.02 Å². The van der Waals surface area contributed by atoms with Crippen LogP contribution >= 0.6 is 11.6 Å². The van der Waals surface area contributed by atoms with Crippen LogP contribution in [0.15, 0.2) is 18.2 Å². The van der Waals surface area contributed by atoms with Gasteiger partial charge in [0.05, 0.1) is 16.0 Å². The van der Waals surface area contributed by atoms with Crippen LogP contribution in [0.4, 0.5) is 11.4 Å². The first-order chi connectivity index (χ1) is 9.82. The molecule has 0 aromatic heterocycles. The fourth-order valence-corrected chi connectivity index (χ4v) is 4.68. The summed E-state index contributed by atoms with van der Waals surface area (Å²) in [7, 11) is -3.46. The van der Waals surface area contributed by atoms with Gasteiger partial charge in [-0.3, -0.25) is 4.79 Å². The summed E-state index contributed by atoms with van der Waals surface area (Å²) in [6.45, 7) is 1.42. The average Bonchev–Trinajstić information content (AvgIpc) is 2.95. The van der Waals surface area contributed by atoms with Gasteiger partial charge in [0.2, 0.25) is 5.91 Å². The standard InChI is InChI=1S/C14H19ClN2O3S/c1-9(21(19,20)11-4-2-3-5-11)14(18)17-13-7-6-10(16)8-12(13)15/h6-9,11H,2-5,16H2,1H3,(H,17,18). The van der Waals surface area contributed by atoms with E-state index in [4.69, 9.17) is 17.3 Å². The van der Waals surface area contributed by atoms with Crippen LogP contribution in [0.25, 0.3) is 0 Å². The number of nitrogens with one attached hydrogen (secondary N) is 1. The minimum Gasteiger partial charge on any atom is -0.399 e. The molecule has 2 rings (SSSR count). The van der Waals surface area contributed by atoms with Crippen molar-refractivity contribution < 1.29 is 13.2 Å². The van der Waals surface area contributed by atoms with Gasteiger partial charge in [-0.25, -0.2) is 8.42 Å². The monoisotopic (exact) mass is 330 g/mol. The lowest BCUT2D eigenvalue weighted by atomic mass is 10.2. The van der Waals surface area contributed by atoms with Gasteiger partial charge in [0, 0.05) is 5.69 Å². The lowest BCUT2D eigenvalue weighted by molar-refractivity contribution is -0.115. The average molecular weight is 331 g/mol. The topological polar surface area (TPSA) is 89.3 Å². The predicted molar refractivity (Wildman–Crippen MR) is 85.1 cm³/mol. The Balaban J connectivity index is 2.12. The van der Waals surface area contributed by atoms with Crippen LogP contribution in [0.1, 0.15) is 32.6 Å². The Kier molecular flexibility index (Phi) is 4.78. The Morgan fingerprint density at radius 1 is 1.38 bits per heavy atom. The van der Waals surface area contributed by atoms with E-state index in [1.165, 1.54) is 13.0 Å². The number of nitrogen functional groups attached to an aromatic ring is 1. The Hall–Kier alpha value is -1.27. The van der Waals surface area contributed by atoms with Crippen LogP contribution in [0.5, 0.6) is 0 Å². The number of benzene rings is 1. The van der Waals surface area contributed by atoms with Crippen LogP contribution in [0.3, 0.4) is 0 Å². The summed E-state index contributed by atoms with van der Waals surface area (Å²) in [5.74, 6) is -0.562. The molecule has 1 aliphatic carbocycles. The molecule has 0 saturated heterocycles. The third-order valence-corrected chi connectivity index (χ3v) is 6.79. The van der Waals surface area contributed by atoms with Crippen molar-refractivity contribution in [3.05, 3.63) is 23.2 Å². The fourth-order valence-electron chi connectivity index (χ4n) is 2.52. The molecule has 1 aromatic rings. The summed E-state index contributed by atoms with van der Waals surface area (Å²) in [6.07, 6.45) is 3.09. The molecule has 1 aromatic carbocycles. The number of amides is 1. The highest BCUT2D eigenvalue weighted by atomic mass is 35.5. The molecule has 0 radical (unpaired) electrons. The van der Waals surface area contributed by atoms with Gasteiger partial charge in [-0.05, 0) is 38.0 Å². The van der Waals surface area contributed by atoms with E-state index in [0.717, 1.165) is 12.8 Å². The summed E-state index contributed by atoms with van der Waals surface area (Å²) in [5, 5.41) is 1.36. The van der Waals surface area contributed by atoms with Crippen LogP contribution < -0.4 is 11.1 Å². The van der Waals surface area contributed by atoms with Crippen molar-refractivity contribution in [3.8, 4) is 0 Å². The van der Waals surface area contributed by atoms with E-state index < -0.39 is 26.2 Å². The van der Waals surface area contributed by atoms with Gasteiger partial charge in [0.1, 0.15) is 5.25 Å². The second-order valence-corrected chi connectivity index (χ2v) is 8.33. The number of hydrogen-bond acceptors (Lipinski definition) is 4. The molecule has 0 bridgehead atoms. The number of anilines is 2. The summed E-state index contributed by atoms with van der Waals surface area (Å²) >= 11 is 5.98. The van der Waals surface area contributed by atoms with E-state index in [1.54, 1.807) is 12.1 Å². The van der Waals surface area contributed by atoms with Gasteiger partial charge in [0.15, 0.2) is 9.84 Å². The van der Waals surface area contributed by atoms with Crippen LogP contribution in [-0.4, -0.2) is 24.8 Å². The number of rotatable bonds is 4. The van der Waals surface area contributed by atoms with Crippen molar-refractivity contribution in [2.75, 3.05) is 11.1 Å². The quantitative estimate of drug-likeness (QED) is 0.830. The predicted octanol–water partition coefficient (Wildman–Crippen LogP) is 2.61. The second kappa shape index (κ2) is 6.23. The Bertz CT molecular complexity index is 640. The Morgan fingerprint density at radius 2 is 2.00 bits per heavy atom. The maximum absolute atomic E-state index is 12.4. The first-order valence-electron chi connectivity index (χ1n) is 6.91. The first-order valence-corrected chi connectivity index (χ1v) is 8.89. The van der Waals surface area contributed by atoms with Crippen molar-refractivity contribution in [1.29, 1.82) is 0 Å². The molecule has 5 nitrogen and oxygen atoms in total. The van der Waals surface area contributed by atoms with Crippen molar-refractivity contribution in [3.63, 3.8) is 0 Å². The van der Waals surface area contributed by atoms with E-state index in [0.29, 0.717) is 24.2 Å². The normalized spacial score (nSPS) is 17.6. The zero-order chi connectivity index (χ0) is 15.6. The molecule has 1 amide bonds. The SMILES string of the molecule is CC(C(=O)Nc1ccc(N)cc1Cl)S(=O)(=O)C1CCCC1. The lowest BCUT2D eigenvalue weighted by Crippen LogP contribution is -2.37. The molecule has 21 heavy (non-hydrogen) atoms. The smallest absolute Gasteiger partial charge is 0.242 e. The van der Waals surface area contributed by atoms with E-state index in [9.17, 15) is 13.2 Å². The van der Waals surface area contributed by atoms with Gasteiger partial charge in [-0.1, -0.05) is 24.4 Å². The Labute approximate surface area is 129 Å². The largest absolute Gasteiger partial charge is 0.399 e. The van der Waals surface area contributed by atoms with Crippen LogP contribution in [-0.2, 0) is 14.6 Å². The first kappa shape index (κ1) is 16.1. The van der Waals surface area contributed by atoms with Crippen molar-refractivity contribution >= 4 is 38.7 Å². The molecule has 1 atom stereocenters. The molecule has 7 heteroatoms. The number of carbonyl (C=O) groups is 1. The van der Waals surface area contributed by atoms with Crippen molar-refractivity contribution in [1.82, 2.24) is 0 Å². The molecule has 1 aliphatic rings. The molecule has 116 valence electrons. The summed E-state index contributed by atoms with van der Waals surface area (Å²) in [5.41, 5.74) is 6.42. The maximum Gasteiger partial charge on any atom is 0.242 e. The molecular formula is C14H19ClN2O3S. The number of carbonyl (C=O) groups excluding carboxylic acids is 1. The van der Waals surface area contributed by atoms with Crippen molar-refractivity contribution in [2.24, 2.45) is 0 Å². The van der Waals surface area contributed by atoms with Crippen LogP contribution in [0.2, 0.25) is 5.02 Å². The highest BCUT2D eigenvalue weighted by Crippen LogP contribution is 2.29. The lowest BCUT2D eigenvalue weighted by Gasteiger charge is -2.18. The molecule has 0 spiro atoms. The molecule has 1 fully saturated rings. The van der Waals surface area contributed by atoms with Gasteiger partial charge >= 0.3 is 0 Å². The number of nitrogens with two attached hydrogens (primary N) is 1. The maximum atomic E-state index is 12.4. The van der Waals surface area contributed by atoms with E-state index >= 15 is 0 Å². The molecule has 1 saturated carbocycles. The Morgan fingerprint density at radius 3 is 2.57 bits per heavy atom. The van der Waals surface area contributed by atoms with Crippen LogP contribution in [0, 0.1) is 0 Å². The van der Waals surface area contributed by atoms with Gasteiger partial charge in [0.25, 0.3) is 0 Å². The summed E-state index contributed by atoms with van der Waals surface area (Å²) < 4.78 is 24.8. The second-order valence-electron chi connectivity index (χ2n) is 5.37. The third-order valence-electron chi connectivity index (χ3n) is 3.88. The van der Waals surface area contributed by atoms with E-state index in [2.05, 4.69) is 5.32 Å². The summed E-state index contributed by atoms with van der Waals surface area (Å²) in [6, 6.07) is 4.66. The number of sulfone groups is 1. The van der Waals surface area contributed by atoms with Gasteiger partial charge in [-0.2, -0.15) is 0 Å². The molecular weight excluding hydrogens is 312 g/mol. The van der Waals surface area contributed by atoms with Crippen molar-refractivity contribution in [2.45, 2.75) is 43.1 Å². The number of halogens is 1. The summed E-state index contributed by atoms with van der Waals surface area (Å²) in [4.78, 5) is 12.2. The zero-order valence-electron chi connectivity index (χ0n) is 11.8. The molecule has 0 heterocycles. The molecule has 1 unspecified atom stereocenters. The highest BCUT2D eigenvalue weighted by molar-refractivity contribution is 7.93. The van der Waals surface area contributed by atoms with Gasteiger partial charge in [-0.15, -0.1) is 0 Å². The van der Waals surface area contributed by atoms with Gasteiger partial charge < -0.3 is 11.1 Å². The third kappa shape index (κ3) is 3.49. The fraction of sp³-hybridized carbons (Fsp3) is 0.500. The number of hydrogen-bond donors (Lipinski definition) is 2. The molecule has 3 N–H and O–H groups in total. The molecule has 0 aliphatic heterocycles. The zero-order valence-corrected chi connectivity index (χ0v) is 13.4.